The van der Waals surface area contributed by atoms with E-state index in [0.717, 1.165) is 12.8 Å². The number of hydrogen-bond donors (Lipinski definition) is 0. The Morgan fingerprint density at radius 3 is 2.00 bits per heavy atom. The highest BCUT2D eigenvalue weighted by Gasteiger charge is 2.06. The van der Waals surface area contributed by atoms with Crippen molar-refractivity contribution < 1.29 is 14.3 Å². The topological polar surface area (TPSA) is 43.4 Å². The Bertz CT molecular complexity index is 212. The third-order valence-corrected chi connectivity index (χ3v) is 2.89. The van der Waals surface area contributed by atoms with Crippen molar-refractivity contribution in [1.82, 2.24) is 0 Å². The average molecular weight is 242 g/mol. The van der Waals surface area contributed by atoms with E-state index < -0.39 is 0 Å². The second-order valence-electron chi connectivity index (χ2n) is 4.49. The van der Waals surface area contributed by atoms with Gasteiger partial charge in [-0.15, -0.1) is 0 Å². The molecule has 0 bridgehead atoms. The van der Waals surface area contributed by atoms with E-state index in [0.29, 0.717) is 12.8 Å². The molecule has 3 nitrogen and oxygen atoms in total. The zero-order chi connectivity index (χ0) is 12.9. The summed E-state index contributed by atoms with van der Waals surface area (Å²) in [6, 6.07) is 0. The highest BCUT2D eigenvalue weighted by molar-refractivity contribution is 5.82. The lowest BCUT2D eigenvalue weighted by Crippen LogP contribution is -2.05. The van der Waals surface area contributed by atoms with Crippen LogP contribution in [-0.4, -0.2) is 18.9 Å². The zero-order valence-electron chi connectivity index (χ0n) is 11.3. The molecule has 0 amide bonds. The Hall–Kier alpha value is -0.860. The number of hydrogen-bond acceptors (Lipinski definition) is 3. The lowest BCUT2D eigenvalue weighted by Gasteiger charge is -2.01. The van der Waals surface area contributed by atoms with Gasteiger partial charge in [-0.05, 0) is 6.42 Å². The Labute approximate surface area is 105 Å². The van der Waals surface area contributed by atoms with E-state index in [1.54, 1.807) is 0 Å². The minimum Gasteiger partial charge on any atom is -0.469 e. The molecule has 0 saturated heterocycles. The van der Waals surface area contributed by atoms with Gasteiger partial charge < -0.3 is 4.74 Å². The van der Waals surface area contributed by atoms with Gasteiger partial charge in [-0.1, -0.05) is 45.4 Å². The largest absolute Gasteiger partial charge is 0.469 e. The van der Waals surface area contributed by atoms with Crippen LogP contribution in [0.1, 0.15) is 71.1 Å². The molecule has 0 aliphatic heterocycles. The molecular formula is C14H26O3. The first-order valence-electron chi connectivity index (χ1n) is 6.79. The summed E-state index contributed by atoms with van der Waals surface area (Å²) >= 11 is 0. The molecule has 0 rings (SSSR count). The number of unbranched alkanes of at least 4 members (excludes halogenated alkanes) is 6. The fourth-order valence-electron chi connectivity index (χ4n) is 1.75. The molecule has 0 unspecified atom stereocenters. The van der Waals surface area contributed by atoms with Gasteiger partial charge in [0, 0.05) is 12.8 Å². The molecule has 0 N–H and O–H groups in total. The highest BCUT2D eigenvalue weighted by atomic mass is 16.5. The Kier molecular flexibility index (Phi) is 11.0. The Morgan fingerprint density at radius 2 is 1.41 bits per heavy atom. The fraction of sp³-hybridized carbons (Fsp3) is 0.857. The van der Waals surface area contributed by atoms with E-state index in [-0.39, 0.29) is 18.2 Å². The molecule has 0 saturated carbocycles. The van der Waals surface area contributed by atoms with Gasteiger partial charge in [-0.3, -0.25) is 9.59 Å². The highest BCUT2D eigenvalue weighted by Crippen LogP contribution is 2.09. The summed E-state index contributed by atoms with van der Waals surface area (Å²) < 4.78 is 4.49. The number of ether oxygens (including phenoxy) is 1. The molecule has 3 heteroatoms. The number of rotatable bonds is 11. The maximum absolute atomic E-state index is 11.4. The molecule has 0 aliphatic carbocycles. The van der Waals surface area contributed by atoms with Gasteiger partial charge in [0.25, 0.3) is 0 Å². The van der Waals surface area contributed by atoms with Crippen LogP contribution in [0.3, 0.4) is 0 Å². The van der Waals surface area contributed by atoms with E-state index in [2.05, 4.69) is 11.7 Å². The standard InChI is InChI=1S/C14H26O3/c1-3-4-5-6-7-8-9-10-13(15)11-12-14(16)17-2/h3-12H2,1-2H3. The van der Waals surface area contributed by atoms with Gasteiger partial charge in [0.2, 0.25) is 0 Å². The van der Waals surface area contributed by atoms with E-state index in [4.69, 9.17) is 0 Å². The lowest BCUT2D eigenvalue weighted by atomic mass is 10.1. The monoisotopic (exact) mass is 242 g/mol. The second kappa shape index (κ2) is 11.6. The van der Waals surface area contributed by atoms with Crippen molar-refractivity contribution in [3.8, 4) is 0 Å². The van der Waals surface area contributed by atoms with Gasteiger partial charge in [0.1, 0.15) is 5.78 Å². The van der Waals surface area contributed by atoms with Crippen LogP contribution in [0.2, 0.25) is 0 Å². The summed E-state index contributed by atoms with van der Waals surface area (Å²) in [6.07, 6.45) is 9.68. The molecule has 0 spiro atoms. The van der Waals surface area contributed by atoms with Crippen LogP contribution in [-0.2, 0) is 14.3 Å². The summed E-state index contributed by atoms with van der Waals surface area (Å²) in [4.78, 5) is 22.2. The summed E-state index contributed by atoms with van der Waals surface area (Å²) in [6.45, 7) is 2.21. The van der Waals surface area contributed by atoms with Crippen LogP contribution in [0.25, 0.3) is 0 Å². The van der Waals surface area contributed by atoms with Crippen molar-refractivity contribution in [1.29, 1.82) is 0 Å². The number of ketones is 1. The zero-order valence-corrected chi connectivity index (χ0v) is 11.3. The van der Waals surface area contributed by atoms with Gasteiger partial charge in [0.05, 0.1) is 13.5 Å². The Balaban J connectivity index is 3.25. The summed E-state index contributed by atoms with van der Waals surface area (Å²) in [5.41, 5.74) is 0. The number of methoxy groups -OCH3 is 1. The van der Waals surface area contributed by atoms with Gasteiger partial charge >= 0.3 is 5.97 Å². The smallest absolute Gasteiger partial charge is 0.305 e. The van der Waals surface area contributed by atoms with Crippen molar-refractivity contribution in [3.05, 3.63) is 0 Å². The fourth-order valence-corrected chi connectivity index (χ4v) is 1.75. The third kappa shape index (κ3) is 11.4. The van der Waals surface area contributed by atoms with Crippen LogP contribution >= 0.6 is 0 Å². The molecule has 0 fully saturated rings. The van der Waals surface area contributed by atoms with E-state index in [9.17, 15) is 9.59 Å². The average Bonchev–Trinajstić information content (AvgIpc) is 2.34. The van der Waals surface area contributed by atoms with Crippen LogP contribution in [0, 0.1) is 0 Å². The predicted molar refractivity (Wildman–Crippen MR) is 68.9 cm³/mol. The van der Waals surface area contributed by atoms with E-state index in [1.165, 1.54) is 39.2 Å². The molecule has 100 valence electrons. The van der Waals surface area contributed by atoms with Crippen molar-refractivity contribution in [3.63, 3.8) is 0 Å². The third-order valence-electron chi connectivity index (χ3n) is 2.89. The van der Waals surface area contributed by atoms with E-state index >= 15 is 0 Å². The van der Waals surface area contributed by atoms with Gasteiger partial charge in [0.15, 0.2) is 0 Å². The molecule has 17 heavy (non-hydrogen) atoms. The molecule has 0 aromatic heterocycles. The quantitative estimate of drug-likeness (QED) is 0.410. The predicted octanol–water partition coefficient (Wildman–Crippen LogP) is 3.65. The van der Waals surface area contributed by atoms with Crippen molar-refractivity contribution in [2.24, 2.45) is 0 Å². The molecule has 0 aliphatic rings. The van der Waals surface area contributed by atoms with E-state index in [1.807, 2.05) is 0 Å². The number of carbonyl (C=O) groups excluding carboxylic acids is 2. The second-order valence-corrected chi connectivity index (χ2v) is 4.49. The van der Waals surface area contributed by atoms with Crippen molar-refractivity contribution in [2.45, 2.75) is 71.1 Å². The molecule has 0 atom stereocenters. The molecular weight excluding hydrogens is 216 g/mol. The molecule has 0 aromatic carbocycles. The first-order chi connectivity index (χ1) is 8.20. The number of carbonyl (C=O) groups is 2. The number of esters is 1. The normalized spacial score (nSPS) is 10.2. The summed E-state index contributed by atoms with van der Waals surface area (Å²) in [7, 11) is 1.35. The molecule has 0 heterocycles. The van der Waals surface area contributed by atoms with Crippen LogP contribution in [0.4, 0.5) is 0 Å². The van der Waals surface area contributed by atoms with Gasteiger partial charge in [-0.25, -0.2) is 0 Å². The minimum absolute atomic E-state index is 0.184. The molecule has 0 radical (unpaired) electrons. The van der Waals surface area contributed by atoms with Crippen LogP contribution in [0.15, 0.2) is 0 Å². The maximum atomic E-state index is 11.4. The number of Topliss-reactive ketones (excluding diaryl/α,β-unsaturated/α-hetero) is 1. The summed E-state index contributed by atoms with van der Waals surface area (Å²) in [5, 5.41) is 0. The SMILES string of the molecule is CCCCCCCCCC(=O)CCC(=O)OC. The first-order valence-corrected chi connectivity index (χ1v) is 6.79. The van der Waals surface area contributed by atoms with Crippen LogP contribution in [0.5, 0.6) is 0 Å². The minimum atomic E-state index is -0.294. The lowest BCUT2D eigenvalue weighted by molar-refractivity contribution is -0.141. The van der Waals surface area contributed by atoms with Crippen molar-refractivity contribution in [2.75, 3.05) is 7.11 Å². The first kappa shape index (κ1) is 16.1. The van der Waals surface area contributed by atoms with Crippen molar-refractivity contribution >= 4 is 11.8 Å². The van der Waals surface area contributed by atoms with Gasteiger partial charge in [-0.2, -0.15) is 0 Å². The summed E-state index contributed by atoms with van der Waals surface area (Å²) in [5.74, 6) is -0.109. The maximum Gasteiger partial charge on any atom is 0.305 e. The molecule has 0 aromatic rings. The van der Waals surface area contributed by atoms with Crippen LogP contribution < -0.4 is 0 Å². The Morgan fingerprint density at radius 1 is 0.824 bits per heavy atom.